The van der Waals surface area contributed by atoms with E-state index in [9.17, 15) is 9.59 Å². The molecule has 0 aromatic heterocycles. The first kappa shape index (κ1) is 25.3. The Morgan fingerprint density at radius 3 is 1.94 bits per heavy atom. The highest BCUT2D eigenvalue weighted by Crippen LogP contribution is 2.39. The van der Waals surface area contributed by atoms with Crippen molar-refractivity contribution in [1.82, 2.24) is 0 Å². The van der Waals surface area contributed by atoms with Gasteiger partial charge in [0, 0.05) is 9.81 Å². The molecule has 184 valence electrons. The van der Waals surface area contributed by atoms with E-state index < -0.39 is 41.7 Å². The predicted octanol–water partition coefficient (Wildman–Crippen LogP) is 5.96. The molecule has 3 aromatic carbocycles. The molecule has 36 heavy (non-hydrogen) atoms. The van der Waals surface area contributed by atoms with Gasteiger partial charge in [0.25, 0.3) is 0 Å². The van der Waals surface area contributed by atoms with Crippen LogP contribution >= 0.6 is 11.8 Å². The Bertz CT molecular complexity index is 1230. The monoisotopic (exact) mass is 503 g/mol. The summed E-state index contributed by atoms with van der Waals surface area (Å²) in [6.07, 6.45) is -2.79. The van der Waals surface area contributed by atoms with Gasteiger partial charge in [0.2, 0.25) is 0 Å². The molecule has 1 aliphatic heterocycles. The molecule has 9 heteroatoms. The number of ether oxygens (including phenoxy) is 3. The first-order chi connectivity index (χ1) is 17.5. The van der Waals surface area contributed by atoms with Crippen LogP contribution in [0.3, 0.4) is 0 Å². The Morgan fingerprint density at radius 2 is 1.42 bits per heavy atom. The van der Waals surface area contributed by atoms with E-state index in [4.69, 9.17) is 19.7 Å². The average molecular weight is 504 g/mol. The standard InChI is InChI=1S/C27H25N3O5S/c1-17-13-15-21(16-14-17)36-27-24(34-26(32)20-11-7-4-8-12-20)23(22(35-27)18(2)29-30-28)33-25(31)19-9-5-3-6-10-19/h3-16,18,22-24,27H,1-2H3/t18?,22-,23?,24?,27+/m1/s1. The molecule has 0 spiro atoms. The van der Waals surface area contributed by atoms with Crippen LogP contribution in [0.5, 0.6) is 0 Å². The molecule has 0 N–H and O–H groups in total. The quantitative estimate of drug-likeness (QED) is 0.162. The maximum absolute atomic E-state index is 13.0. The lowest BCUT2D eigenvalue weighted by molar-refractivity contribution is -0.0321. The van der Waals surface area contributed by atoms with Crippen molar-refractivity contribution in [3.05, 3.63) is 112 Å². The summed E-state index contributed by atoms with van der Waals surface area (Å²) in [5.41, 5.74) is 10.1. The lowest BCUT2D eigenvalue weighted by Gasteiger charge is -2.25. The van der Waals surface area contributed by atoms with Crippen LogP contribution < -0.4 is 0 Å². The highest BCUT2D eigenvalue weighted by atomic mass is 32.2. The van der Waals surface area contributed by atoms with E-state index in [1.165, 1.54) is 11.8 Å². The van der Waals surface area contributed by atoms with Crippen LogP contribution in [0.15, 0.2) is 94.9 Å². The van der Waals surface area contributed by atoms with Gasteiger partial charge < -0.3 is 14.2 Å². The van der Waals surface area contributed by atoms with E-state index in [1.54, 1.807) is 67.6 Å². The van der Waals surface area contributed by atoms with E-state index in [0.29, 0.717) is 11.1 Å². The molecular formula is C27H25N3O5S. The second kappa shape index (κ2) is 11.8. The van der Waals surface area contributed by atoms with Crippen LogP contribution in [0, 0.1) is 6.92 Å². The first-order valence-electron chi connectivity index (χ1n) is 11.4. The van der Waals surface area contributed by atoms with Crippen molar-refractivity contribution >= 4 is 23.7 Å². The summed E-state index contributed by atoms with van der Waals surface area (Å²) in [5.74, 6) is -1.17. The van der Waals surface area contributed by atoms with Crippen LogP contribution in [0.25, 0.3) is 10.4 Å². The SMILES string of the molecule is Cc1ccc(S[C@@H]2O[C@H](C(C)N=[N+]=[N-])C(OC(=O)c3ccccc3)C2OC(=O)c2ccccc2)cc1. The fourth-order valence-electron chi connectivity index (χ4n) is 3.82. The molecule has 3 unspecified atom stereocenters. The third kappa shape index (κ3) is 6.07. The maximum atomic E-state index is 13.0. The number of carbonyl (C=O) groups is 2. The summed E-state index contributed by atoms with van der Waals surface area (Å²) >= 11 is 1.35. The van der Waals surface area contributed by atoms with E-state index in [0.717, 1.165) is 10.5 Å². The molecule has 4 rings (SSSR count). The Labute approximate surface area is 213 Å². The molecule has 0 saturated carbocycles. The number of benzene rings is 3. The van der Waals surface area contributed by atoms with Crippen molar-refractivity contribution in [3.8, 4) is 0 Å². The van der Waals surface area contributed by atoms with Crippen molar-refractivity contribution in [1.29, 1.82) is 0 Å². The highest BCUT2D eigenvalue weighted by Gasteiger charge is 2.52. The molecule has 1 fully saturated rings. The van der Waals surface area contributed by atoms with Gasteiger partial charge in [0.05, 0.1) is 17.2 Å². The summed E-state index contributed by atoms with van der Waals surface area (Å²) in [4.78, 5) is 29.8. The number of hydrogen-bond acceptors (Lipinski definition) is 7. The summed E-state index contributed by atoms with van der Waals surface area (Å²) in [6.45, 7) is 3.66. The van der Waals surface area contributed by atoms with Gasteiger partial charge >= 0.3 is 11.9 Å². The second-order valence-electron chi connectivity index (χ2n) is 8.32. The predicted molar refractivity (Wildman–Crippen MR) is 136 cm³/mol. The van der Waals surface area contributed by atoms with Crippen molar-refractivity contribution in [2.75, 3.05) is 0 Å². The van der Waals surface area contributed by atoms with Gasteiger partial charge in [0.15, 0.2) is 12.2 Å². The van der Waals surface area contributed by atoms with Crippen LogP contribution in [0.2, 0.25) is 0 Å². The molecule has 1 saturated heterocycles. The highest BCUT2D eigenvalue weighted by molar-refractivity contribution is 7.99. The van der Waals surface area contributed by atoms with Crippen molar-refractivity contribution in [3.63, 3.8) is 0 Å². The maximum Gasteiger partial charge on any atom is 0.338 e. The third-order valence-corrected chi connectivity index (χ3v) is 6.85. The minimum atomic E-state index is -1.01. The molecule has 0 radical (unpaired) electrons. The summed E-state index contributed by atoms with van der Waals surface area (Å²) in [6, 6.07) is 24.2. The van der Waals surface area contributed by atoms with E-state index in [2.05, 4.69) is 10.0 Å². The zero-order valence-electron chi connectivity index (χ0n) is 19.8. The topological polar surface area (TPSA) is 111 Å². The minimum absolute atomic E-state index is 0.343. The largest absolute Gasteiger partial charge is 0.452 e. The number of rotatable bonds is 8. The number of azide groups is 1. The summed E-state index contributed by atoms with van der Waals surface area (Å²) < 4.78 is 18.0. The zero-order valence-corrected chi connectivity index (χ0v) is 20.6. The van der Waals surface area contributed by atoms with Gasteiger partial charge in [-0.1, -0.05) is 77.9 Å². The molecule has 1 aliphatic rings. The average Bonchev–Trinajstić information content (AvgIpc) is 3.22. The molecule has 0 bridgehead atoms. The molecule has 0 amide bonds. The molecule has 1 heterocycles. The third-order valence-electron chi connectivity index (χ3n) is 5.69. The lowest BCUT2D eigenvalue weighted by Crippen LogP contribution is -2.42. The minimum Gasteiger partial charge on any atom is -0.452 e. The van der Waals surface area contributed by atoms with Gasteiger partial charge in [-0.15, -0.1) is 0 Å². The molecule has 5 atom stereocenters. The Hall–Kier alpha value is -3.78. The molecule has 0 aliphatic carbocycles. The lowest BCUT2D eigenvalue weighted by atomic mass is 10.1. The fraction of sp³-hybridized carbons (Fsp3) is 0.259. The van der Waals surface area contributed by atoms with Gasteiger partial charge in [0.1, 0.15) is 11.5 Å². The normalized spacial score (nSPS) is 21.7. The molecule has 3 aromatic rings. The Balaban J connectivity index is 1.67. The van der Waals surface area contributed by atoms with Crippen molar-refractivity contribution in [2.24, 2.45) is 5.11 Å². The van der Waals surface area contributed by atoms with Crippen LogP contribution in [0.1, 0.15) is 33.2 Å². The van der Waals surface area contributed by atoms with E-state index >= 15 is 0 Å². The molecular weight excluding hydrogens is 478 g/mol. The van der Waals surface area contributed by atoms with E-state index in [1.807, 2.05) is 31.2 Å². The Morgan fingerprint density at radius 1 is 0.889 bits per heavy atom. The van der Waals surface area contributed by atoms with Crippen LogP contribution in [-0.2, 0) is 14.2 Å². The second-order valence-corrected chi connectivity index (χ2v) is 9.49. The fourth-order valence-corrected chi connectivity index (χ4v) is 4.91. The number of hydrogen-bond donors (Lipinski definition) is 0. The van der Waals surface area contributed by atoms with Gasteiger partial charge in [-0.3, -0.25) is 0 Å². The number of thioether (sulfide) groups is 1. The van der Waals surface area contributed by atoms with Crippen LogP contribution in [0.4, 0.5) is 0 Å². The van der Waals surface area contributed by atoms with Gasteiger partial charge in [-0.25, -0.2) is 9.59 Å². The summed E-state index contributed by atoms with van der Waals surface area (Å²) in [5, 5.41) is 3.78. The first-order valence-corrected chi connectivity index (χ1v) is 12.3. The van der Waals surface area contributed by atoms with E-state index in [-0.39, 0.29) is 0 Å². The number of carbonyl (C=O) groups excluding carboxylic acids is 2. The van der Waals surface area contributed by atoms with Gasteiger partial charge in [-0.2, -0.15) is 0 Å². The smallest absolute Gasteiger partial charge is 0.338 e. The summed E-state index contributed by atoms with van der Waals surface area (Å²) in [7, 11) is 0. The van der Waals surface area contributed by atoms with Gasteiger partial charge in [-0.05, 0) is 48.9 Å². The molecule has 8 nitrogen and oxygen atoms in total. The number of nitrogens with zero attached hydrogens (tertiary/aromatic N) is 3. The zero-order chi connectivity index (χ0) is 25.5. The van der Waals surface area contributed by atoms with Crippen LogP contribution in [-0.4, -0.2) is 41.7 Å². The van der Waals surface area contributed by atoms with Crippen molar-refractivity contribution < 1.29 is 23.8 Å². The Kier molecular flexibility index (Phi) is 8.28. The number of esters is 2. The number of aryl methyl sites for hydroxylation is 1. The van der Waals surface area contributed by atoms with Crippen molar-refractivity contribution in [2.45, 2.75) is 48.5 Å².